The first-order chi connectivity index (χ1) is 7.75. The third kappa shape index (κ3) is 2.54. The average Bonchev–Trinajstić information content (AvgIpc) is 2.33. The van der Waals surface area contributed by atoms with Crippen LogP contribution in [0.15, 0.2) is 54.6 Å². The van der Waals surface area contributed by atoms with E-state index in [-0.39, 0.29) is 11.9 Å². The zero-order valence-corrected chi connectivity index (χ0v) is 9.13. The highest BCUT2D eigenvalue weighted by Gasteiger charge is 2.05. The van der Waals surface area contributed by atoms with Gasteiger partial charge in [0.15, 0.2) is 0 Å². The van der Waals surface area contributed by atoms with Gasteiger partial charge in [0.05, 0.1) is 0 Å². The molecule has 0 saturated carbocycles. The molecule has 0 spiro atoms. The largest absolute Gasteiger partial charge is 0.508 e. The van der Waals surface area contributed by atoms with Crippen molar-refractivity contribution >= 4 is 0 Å². The Hall–Kier alpha value is -1.96. The Balaban J connectivity index is 2.08. The van der Waals surface area contributed by atoms with E-state index in [0.717, 1.165) is 11.3 Å². The molecule has 0 amide bonds. The van der Waals surface area contributed by atoms with Crippen molar-refractivity contribution in [2.24, 2.45) is 0 Å². The van der Waals surface area contributed by atoms with Crippen molar-refractivity contribution < 1.29 is 9.84 Å². The fraction of sp³-hybridized carbons (Fsp3) is 0.143. The lowest BCUT2D eigenvalue weighted by molar-refractivity contribution is 0.226. The summed E-state index contributed by atoms with van der Waals surface area (Å²) >= 11 is 0. The number of rotatable bonds is 3. The highest BCUT2D eigenvalue weighted by Crippen LogP contribution is 2.23. The Morgan fingerprint density at radius 3 is 2.19 bits per heavy atom. The summed E-state index contributed by atoms with van der Waals surface area (Å²) in [5.74, 6) is 1.01. The van der Waals surface area contributed by atoms with Gasteiger partial charge >= 0.3 is 0 Å². The van der Waals surface area contributed by atoms with Crippen LogP contribution in [0.25, 0.3) is 0 Å². The van der Waals surface area contributed by atoms with Gasteiger partial charge in [0.2, 0.25) is 0 Å². The van der Waals surface area contributed by atoms with E-state index in [1.54, 1.807) is 24.3 Å². The summed E-state index contributed by atoms with van der Waals surface area (Å²) in [5.41, 5.74) is 1.13. The van der Waals surface area contributed by atoms with Crippen LogP contribution in [0.4, 0.5) is 0 Å². The van der Waals surface area contributed by atoms with Gasteiger partial charge in [-0.25, -0.2) is 0 Å². The first-order valence-electron chi connectivity index (χ1n) is 5.26. The summed E-state index contributed by atoms with van der Waals surface area (Å²) in [6.45, 7) is 2.00. The van der Waals surface area contributed by atoms with Crippen LogP contribution in [0.3, 0.4) is 0 Å². The van der Waals surface area contributed by atoms with Crippen molar-refractivity contribution in [2.45, 2.75) is 13.0 Å². The summed E-state index contributed by atoms with van der Waals surface area (Å²) in [4.78, 5) is 0. The molecule has 16 heavy (non-hydrogen) atoms. The Morgan fingerprint density at radius 1 is 0.938 bits per heavy atom. The topological polar surface area (TPSA) is 29.5 Å². The van der Waals surface area contributed by atoms with Crippen LogP contribution >= 0.6 is 0 Å². The Labute approximate surface area is 95.1 Å². The molecule has 0 bridgehead atoms. The minimum absolute atomic E-state index is 0.00532. The molecule has 1 atom stereocenters. The molecule has 0 radical (unpaired) electrons. The van der Waals surface area contributed by atoms with E-state index in [0.29, 0.717) is 0 Å². The minimum atomic E-state index is 0.00532. The van der Waals surface area contributed by atoms with Crippen molar-refractivity contribution in [2.75, 3.05) is 0 Å². The third-order valence-corrected chi connectivity index (χ3v) is 2.42. The molecule has 0 aliphatic rings. The van der Waals surface area contributed by atoms with E-state index in [4.69, 9.17) is 9.84 Å². The second-order valence-corrected chi connectivity index (χ2v) is 3.66. The second kappa shape index (κ2) is 4.71. The molecule has 0 heterocycles. The summed E-state index contributed by atoms with van der Waals surface area (Å²) in [7, 11) is 0. The lowest BCUT2D eigenvalue weighted by Gasteiger charge is -2.14. The molecule has 0 unspecified atom stereocenters. The van der Waals surface area contributed by atoms with Crippen LogP contribution in [0.1, 0.15) is 18.6 Å². The number of phenolic OH excluding ortho intramolecular Hbond substituents is 1. The normalized spacial score (nSPS) is 12.1. The third-order valence-electron chi connectivity index (χ3n) is 2.42. The highest BCUT2D eigenvalue weighted by atomic mass is 16.5. The first kappa shape index (κ1) is 10.6. The second-order valence-electron chi connectivity index (χ2n) is 3.66. The summed E-state index contributed by atoms with van der Waals surface area (Å²) in [6, 6.07) is 16.8. The average molecular weight is 214 g/mol. The van der Waals surface area contributed by atoms with Crippen molar-refractivity contribution in [3.8, 4) is 11.5 Å². The fourth-order valence-corrected chi connectivity index (χ4v) is 1.52. The van der Waals surface area contributed by atoms with Gasteiger partial charge in [-0.1, -0.05) is 30.3 Å². The predicted molar refractivity (Wildman–Crippen MR) is 63.6 cm³/mol. The van der Waals surface area contributed by atoms with Gasteiger partial charge in [-0.2, -0.15) is 0 Å². The van der Waals surface area contributed by atoms with E-state index < -0.39 is 0 Å². The van der Waals surface area contributed by atoms with Crippen molar-refractivity contribution in [3.63, 3.8) is 0 Å². The Kier molecular flexibility index (Phi) is 3.10. The molecule has 0 fully saturated rings. The number of phenols is 1. The van der Waals surface area contributed by atoms with Crippen molar-refractivity contribution in [3.05, 3.63) is 60.2 Å². The van der Waals surface area contributed by atoms with Gasteiger partial charge in [0.25, 0.3) is 0 Å². The number of ether oxygens (including phenoxy) is 1. The monoisotopic (exact) mass is 214 g/mol. The molecule has 0 saturated heterocycles. The number of benzene rings is 2. The fourth-order valence-electron chi connectivity index (χ4n) is 1.52. The smallest absolute Gasteiger partial charge is 0.121 e. The number of hydrogen-bond donors (Lipinski definition) is 1. The molecule has 2 heteroatoms. The number of aromatic hydroxyl groups is 1. The van der Waals surface area contributed by atoms with Gasteiger partial charge in [-0.3, -0.25) is 0 Å². The van der Waals surface area contributed by atoms with Crippen LogP contribution in [0.2, 0.25) is 0 Å². The lowest BCUT2D eigenvalue weighted by Crippen LogP contribution is -2.02. The minimum Gasteiger partial charge on any atom is -0.508 e. The van der Waals surface area contributed by atoms with Crippen molar-refractivity contribution in [1.29, 1.82) is 0 Å². The van der Waals surface area contributed by atoms with E-state index >= 15 is 0 Å². The molecular formula is C14H14O2. The SMILES string of the molecule is C[C@H](Oc1ccc(O)cc1)c1ccccc1. The maximum absolute atomic E-state index is 9.15. The van der Waals surface area contributed by atoms with Crippen LogP contribution in [-0.4, -0.2) is 5.11 Å². The van der Waals surface area contributed by atoms with Crippen LogP contribution in [0, 0.1) is 0 Å². The Morgan fingerprint density at radius 2 is 1.56 bits per heavy atom. The quantitative estimate of drug-likeness (QED) is 0.846. The molecular weight excluding hydrogens is 200 g/mol. The van der Waals surface area contributed by atoms with E-state index in [9.17, 15) is 0 Å². The molecule has 2 nitrogen and oxygen atoms in total. The van der Waals surface area contributed by atoms with Gasteiger partial charge < -0.3 is 9.84 Å². The van der Waals surface area contributed by atoms with Gasteiger partial charge in [0, 0.05) is 0 Å². The van der Waals surface area contributed by atoms with Gasteiger partial charge in [-0.15, -0.1) is 0 Å². The Bertz CT molecular complexity index is 434. The molecule has 2 aromatic carbocycles. The first-order valence-corrected chi connectivity index (χ1v) is 5.26. The van der Waals surface area contributed by atoms with Crippen LogP contribution < -0.4 is 4.74 Å². The molecule has 1 N–H and O–H groups in total. The van der Waals surface area contributed by atoms with Gasteiger partial charge in [-0.05, 0) is 36.8 Å². The van der Waals surface area contributed by atoms with Gasteiger partial charge in [0.1, 0.15) is 17.6 Å². The van der Waals surface area contributed by atoms with E-state index in [1.165, 1.54) is 0 Å². The van der Waals surface area contributed by atoms with Crippen LogP contribution in [-0.2, 0) is 0 Å². The predicted octanol–water partition coefficient (Wildman–Crippen LogP) is 3.53. The zero-order valence-electron chi connectivity index (χ0n) is 9.13. The molecule has 0 aliphatic heterocycles. The maximum atomic E-state index is 9.15. The summed E-state index contributed by atoms with van der Waals surface area (Å²) in [5, 5.41) is 9.15. The van der Waals surface area contributed by atoms with Crippen LogP contribution in [0.5, 0.6) is 11.5 Å². The van der Waals surface area contributed by atoms with E-state index in [1.807, 2.05) is 37.3 Å². The maximum Gasteiger partial charge on any atom is 0.121 e. The molecule has 82 valence electrons. The standard InChI is InChI=1S/C14H14O2/c1-11(12-5-3-2-4-6-12)16-14-9-7-13(15)8-10-14/h2-11,15H,1H3/t11-/m0/s1. The number of hydrogen-bond acceptors (Lipinski definition) is 2. The molecule has 2 rings (SSSR count). The highest BCUT2D eigenvalue weighted by molar-refractivity contribution is 5.31. The summed E-state index contributed by atoms with van der Waals surface area (Å²) < 4.78 is 5.74. The molecule has 0 aliphatic carbocycles. The molecule has 2 aromatic rings. The summed E-state index contributed by atoms with van der Waals surface area (Å²) in [6.07, 6.45) is 0.00532. The molecule has 0 aromatic heterocycles. The zero-order chi connectivity index (χ0) is 11.4. The lowest BCUT2D eigenvalue weighted by atomic mass is 10.1. The van der Waals surface area contributed by atoms with E-state index in [2.05, 4.69) is 0 Å². The van der Waals surface area contributed by atoms with Crippen molar-refractivity contribution in [1.82, 2.24) is 0 Å².